The minimum Gasteiger partial charge on any atom is -0.244 e. The van der Waals surface area contributed by atoms with Crippen molar-refractivity contribution in [1.29, 1.82) is 0 Å². The average Bonchev–Trinajstić information content (AvgIpc) is 2.87. The topological polar surface area (TPSA) is 42.3 Å². The van der Waals surface area contributed by atoms with Crippen molar-refractivity contribution in [3.8, 4) is 0 Å². The molecule has 2 rings (SSSR count). The van der Waals surface area contributed by atoms with Gasteiger partial charge >= 0.3 is 0 Å². The molecule has 1 aromatic rings. The van der Waals surface area contributed by atoms with Gasteiger partial charge in [-0.25, -0.2) is 9.78 Å². The quantitative estimate of drug-likeness (QED) is 0.411. The molecule has 0 saturated heterocycles. The van der Waals surface area contributed by atoms with E-state index in [9.17, 15) is 4.79 Å². The molecule has 1 heterocycles. The predicted octanol–water partition coefficient (Wildman–Crippen LogP) is 2.06. The molecule has 1 aliphatic carbocycles. The molecule has 0 N–H and O–H groups in total. The lowest BCUT2D eigenvalue weighted by Gasteiger charge is -2.06. The second-order valence-electron chi connectivity index (χ2n) is 3.10. The lowest BCUT2D eigenvalue weighted by molar-refractivity contribution is 0.556. The summed E-state index contributed by atoms with van der Waals surface area (Å²) in [6.07, 6.45) is 5.05. The van der Waals surface area contributed by atoms with Crippen LogP contribution in [0.2, 0.25) is 5.15 Å². The second kappa shape index (κ2) is 2.95. The normalized spacial score (nSPS) is 17.6. The Kier molecular flexibility index (Phi) is 1.91. The van der Waals surface area contributed by atoms with Crippen molar-refractivity contribution in [2.24, 2.45) is 4.99 Å². The lowest BCUT2D eigenvalue weighted by Crippen LogP contribution is -2.02. The zero-order valence-corrected chi connectivity index (χ0v) is 7.58. The van der Waals surface area contributed by atoms with Crippen LogP contribution in [-0.2, 0) is 10.3 Å². The van der Waals surface area contributed by atoms with E-state index in [1.165, 1.54) is 0 Å². The van der Waals surface area contributed by atoms with E-state index < -0.39 is 0 Å². The highest BCUT2D eigenvalue weighted by Gasteiger charge is 2.44. The number of isocyanates is 1. The third-order valence-corrected chi connectivity index (χ3v) is 2.47. The molecule has 1 fully saturated rings. The third-order valence-electron chi connectivity index (χ3n) is 2.25. The van der Waals surface area contributed by atoms with Crippen LogP contribution in [0, 0.1) is 0 Å². The minimum atomic E-state index is -0.334. The summed E-state index contributed by atoms with van der Waals surface area (Å²) >= 11 is 5.64. The van der Waals surface area contributed by atoms with E-state index in [2.05, 4.69) is 9.98 Å². The molecule has 1 saturated carbocycles. The molecule has 0 bridgehead atoms. The summed E-state index contributed by atoms with van der Waals surface area (Å²) in [5.74, 6) is 0. The first-order valence-electron chi connectivity index (χ1n) is 3.98. The van der Waals surface area contributed by atoms with Crippen LogP contribution in [0.5, 0.6) is 0 Å². The molecule has 1 aliphatic rings. The van der Waals surface area contributed by atoms with Crippen LogP contribution in [0.3, 0.4) is 0 Å². The van der Waals surface area contributed by atoms with Crippen molar-refractivity contribution < 1.29 is 4.79 Å². The molecule has 0 aliphatic heterocycles. The maximum Gasteiger partial charge on any atom is 0.235 e. The zero-order chi connectivity index (χ0) is 9.31. The Hall–Kier alpha value is -1.18. The van der Waals surface area contributed by atoms with Crippen LogP contribution in [0.25, 0.3) is 0 Å². The summed E-state index contributed by atoms with van der Waals surface area (Å²) < 4.78 is 0. The summed E-state index contributed by atoms with van der Waals surface area (Å²) in [6.45, 7) is 0. The first-order chi connectivity index (χ1) is 6.27. The van der Waals surface area contributed by atoms with Crippen LogP contribution >= 0.6 is 11.6 Å². The summed E-state index contributed by atoms with van der Waals surface area (Å²) in [4.78, 5) is 17.9. The van der Waals surface area contributed by atoms with Crippen molar-refractivity contribution in [2.45, 2.75) is 18.4 Å². The molecule has 66 valence electrons. The molecule has 0 radical (unpaired) electrons. The van der Waals surface area contributed by atoms with Crippen LogP contribution in [0.15, 0.2) is 23.3 Å². The first-order valence-corrected chi connectivity index (χ1v) is 4.36. The Morgan fingerprint density at radius 3 is 2.77 bits per heavy atom. The molecule has 4 heteroatoms. The molecule has 13 heavy (non-hydrogen) atoms. The molecular formula is C9H7ClN2O. The second-order valence-corrected chi connectivity index (χ2v) is 3.49. The van der Waals surface area contributed by atoms with E-state index in [1.807, 2.05) is 6.07 Å². The van der Waals surface area contributed by atoms with Gasteiger partial charge < -0.3 is 0 Å². The predicted molar refractivity (Wildman–Crippen MR) is 48.3 cm³/mol. The first kappa shape index (κ1) is 8.42. The van der Waals surface area contributed by atoms with Crippen molar-refractivity contribution in [2.75, 3.05) is 0 Å². The highest BCUT2D eigenvalue weighted by atomic mass is 35.5. The Morgan fingerprint density at radius 1 is 1.54 bits per heavy atom. The fourth-order valence-electron chi connectivity index (χ4n) is 1.32. The van der Waals surface area contributed by atoms with E-state index in [0.29, 0.717) is 5.15 Å². The number of aromatic nitrogens is 1. The molecule has 0 atom stereocenters. The van der Waals surface area contributed by atoms with Gasteiger partial charge in [-0.2, -0.15) is 4.99 Å². The Bertz CT molecular complexity index is 364. The van der Waals surface area contributed by atoms with Crippen molar-refractivity contribution in [1.82, 2.24) is 4.98 Å². The molecule has 0 amide bonds. The fourth-order valence-corrected chi connectivity index (χ4v) is 1.43. The molecule has 0 aromatic carbocycles. The smallest absolute Gasteiger partial charge is 0.235 e. The van der Waals surface area contributed by atoms with Crippen molar-refractivity contribution in [3.63, 3.8) is 0 Å². The van der Waals surface area contributed by atoms with E-state index in [4.69, 9.17) is 11.6 Å². The SMILES string of the molecule is O=C=NC1(c2ccc(Cl)nc2)CC1. The van der Waals surface area contributed by atoms with Crippen LogP contribution in [-0.4, -0.2) is 11.1 Å². The average molecular weight is 195 g/mol. The van der Waals surface area contributed by atoms with Gasteiger partial charge in [-0.3, -0.25) is 0 Å². The van der Waals surface area contributed by atoms with Crippen LogP contribution < -0.4 is 0 Å². The lowest BCUT2D eigenvalue weighted by atomic mass is 10.1. The standard InChI is InChI=1S/C9H7ClN2O/c10-8-2-1-7(5-11-8)9(3-4-9)12-6-13/h1-2,5H,3-4H2. The number of hydrogen-bond donors (Lipinski definition) is 0. The van der Waals surface area contributed by atoms with Crippen LogP contribution in [0.4, 0.5) is 0 Å². The van der Waals surface area contributed by atoms with Gasteiger partial charge in [-0.1, -0.05) is 17.7 Å². The Labute approximate surface area is 80.5 Å². The number of carbonyl (C=O) groups excluding carboxylic acids is 1. The molecule has 0 spiro atoms. The number of hydrogen-bond acceptors (Lipinski definition) is 3. The summed E-state index contributed by atoms with van der Waals surface area (Å²) in [5, 5.41) is 0.453. The highest BCUT2D eigenvalue weighted by Crippen LogP contribution is 2.48. The number of nitrogens with zero attached hydrogens (tertiary/aromatic N) is 2. The number of halogens is 1. The van der Waals surface area contributed by atoms with E-state index in [-0.39, 0.29) is 5.54 Å². The van der Waals surface area contributed by atoms with Gasteiger partial charge in [0.1, 0.15) is 5.15 Å². The Morgan fingerprint density at radius 2 is 2.31 bits per heavy atom. The van der Waals surface area contributed by atoms with Gasteiger partial charge in [0.25, 0.3) is 0 Å². The Balaban J connectivity index is 2.35. The number of pyridine rings is 1. The van der Waals surface area contributed by atoms with Crippen LogP contribution in [0.1, 0.15) is 18.4 Å². The van der Waals surface area contributed by atoms with Crippen molar-refractivity contribution in [3.05, 3.63) is 29.0 Å². The molecular weight excluding hydrogens is 188 g/mol. The summed E-state index contributed by atoms with van der Waals surface area (Å²) in [6, 6.07) is 3.56. The summed E-state index contributed by atoms with van der Waals surface area (Å²) in [5.41, 5.74) is 0.611. The van der Waals surface area contributed by atoms with Crippen molar-refractivity contribution >= 4 is 17.7 Å². The van der Waals surface area contributed by atoms with Gasteiger partial charge in [0.15, 0.2) is 0 Å². The molecule has 3 nitrogen and oxygen atoms in total. The van der Waals surface area contributed by atoms with E-state index >= 15 is 0 Å². The molecule has 1 aromatic heterocycles. The van der Waals surface area contributed by atoms with E-state index in [0.717, 1.165) is 18.4 Å². The summed E-state index contributed by atoms with van der Waals surface area (Å²) in [7, 11) is 0. The van der Waals surface area contributed by atoms with Gasteiger partial charge in [-0.05, 0) is 24.5 Å². The maximum absolute atomic E-state index is 10.2. The fraction of sp³-hybridized carbons (Fsp3) is 0.333. The number of aliphatic imine (C=N–C) groups is 1. The van der Waals surface area contributed by atoms with Gasteiger partial charge in [-0.15, -0.1) is 0 Å². The van der Waals surface area contributed by atoms with Gasteiger partial charge in [0.05, 0.1) is 5.54 Å². The van der Waals surface area contributed by atoms with E-state index in [1.54, 1.807) is 18.3 Å². The third kappa shape index (κ3) is 1.48. The highest BCUT2D eigenvalue weighted by molar-refractivity contribution is 6.29. The van der Waals surface area contributed by atoms with Gasteiger partial charge in [0.2, 0.25) is 6.08 Å². The largest absolute Gasteiger partial charge is 0.244 e. The number of rotatable bonds is 2. The maximum atomic E-state index is 10.2. The minimum absolute atomic E-state index is 0.334. The monoisotopic (exact) mass is 194 g/mol. The molecule has 0 unspecified atom stereocenters. The van der Waals surface area contributed by atoms with Gasteiger partial charge in [0, 0.05) is 6.20 Å². The zero-order valence-electron chi connectivity index (χ0n) is 6.83.